The maximum Gasteiger partial charge on any atom is 0.261 e. The summed E-state index contributed by atoms with van der Waals surface area (Å²) in [7, 11) is 0. The van der Waals surface area contributed by atoms with Crippen molar-refractivity contribution in [3.05, 3.63) is 52.7 Å². The number of hydrogen-bond donors (Lipinski definition) is 2. The lowest BCUT2D eigenvalue weighted by molar-refractivity contribution is -0.120. The zero-order valence-electron chi connectivity index (χ0n) is 14.5. The zero-order valence-corrected chi connectivity index (χ0v) is 15.3. The molecule has 0 aliphatic carbocycles. The van der Waals surface area contributed by atoms with Crippen LogP contribution in [0.5, 0.6) is 0 Å². The van der Waals surface area contributed by atoms with Crippen LogP contribution in [0.25, 0.3) is 0 Å². The molecule has 2 aromatic rings. The second kappa shape index (κ2) is 10.5. The average molecular weight is 359 g/mol. The Bertz CT molecular complexity index is 644. The number of nitrogens with one attached hydrogen (secondary N) is 2. The second-order valence-electron chi connectivity index (χ2n) is 5.60. The first kappa shape index (κ1) is 19.0. The molecule has 6 heteroatoms. The highest BCUT2D eigenvalue weighted by molar-refractivity contribution is 7.12. The van der Waals surface area contributed by atoms with Gasteiger partial charge in [0.25, 0.3) is 5.91 Å². The van der Waals surface area contributed by atoms with E-state index in [-0.39, 0.29) is 11.8 Å². The molecule has 1 aromatic carbocycles. The molecule has 0 aliphatic heterocycles. The van der Waals surface area contributed by atoms with Gasteiger partial charge in [-0.1, -0.05) is 24.3 Å². The van der Waals surface area contributed by atoms with Crippen molar-refractivity contribution in [3.63, 3.8) is 0 Å². The highest BCUT2D eigenvalue weighted by Crippen LogP contribution is 2.12. The molecule has 1 aromatic heterocycles. The van der Waals surface area contributed by atoms with Crippen LogP contribution in [0.3, 0.4) is 0 Å². The summed E-state index contributed by atoms with van der Waals surface area (Å²) in [5.74, 6) is -0.154. The van der Waals surface area contributed by atoms with Crippen LogP contribution in [-0.2, 0) is 4.79 Å². The van der Waals surface area contributed by atoms with Crippen LogP contribution in [0, 0.1) is 0 Å². The largest absolute Gasteiger partial charge is 0.372 e. The number of rotatable bonds is 10. The van der Waals surface area contributed by atoms with Crippen LogP contribution in [0.15, 0.2) is 47.8 Å². The fraction of sp³-hybridized carbons (Fsp3) is 0.368. The maximum atomic E-state index is 11.8. The molecule has 2 amide bonds. The second-order valence-corrected chi connectivity index (χ2v) is 6.55. The van der Waals surface area contributed by atoms with E-state index in [0.717, 1.165) is 19.5 Å². The minimum atomic E-state index is -0.121. The Labute approximate surface area is 153 Å². The molecule has 0 fully saturated rings. The molecule has 1 heterocycles. The number of para-hydroxylation sites is 1. The van der Waals surface area contributed by atoms with Crippen molar-refractivity contribution in [3.8, 4) is 0 Å². The molecule has 25 heavy (non-hydrogen) atoms. The summed E-state index contributed by atoms with van der Waals surface area (Å²) < 4.78 is 0. The normalized spacial score (nSPS) is 10.3. The fourth-order valence-electron chi connectivity index (χ4n) is 2.48. The van der Waals surface area contributed by atoms with E-state index in [4.69, 9.17) is 0 Å². The first-order chi connectivity index (χ1) is 12.2. The predicted octanol–water partition coefficient (Wildman–Crippen LogP) is 2.90. The Hall–Kier alpha value is -2.34. The number of benzene rings is 1. The third-order valence-electron chi connectivity index (χ3n) is 3.81. The first-order valence-electron chi connectivity index (χ1n) is 8.59. The zero-order chi connectivity index (χ0) is 17.9. The molecule has 0 saturated heterocycles. The van der Waals surface area contributed by atoms with Gasteiger partial charge in [0.05, 0.1) is 4.88 Å². The predicted molar refractivity (Wildman–Crippen MR) is 103 cm³/mol. The van der Waals surface area contributed by atoms with Crippen molar-refractivity contribution in [2.45, 2.75) is 19.8 Å². The number of thiophene rings is 1. The third kappa shape index (κ3) is 6.58. The summed E-state index contributed by atoms with van der Waals surface area (Å²) in [6, 6.07) is 13.9. The van der Waals surface area contributed by atoms with Crippen molar-refractivity contribution >= 4 is 28.8 Å². The average Bonchev–Trinajstić information content (AvgIpc) is 3.17. The van der Waals surface area contributed by atoms with Gasteiger partial charge in [-0.2, -0.15) is 0 Å². The number of anilines is 1. The van der Waals surface area contributed by atoms with E-state index < -0.39 is 0 Å². The molecule has 134 valence electrons. The number of nitrogens with zero attached hydrogens (tertiary/aromatic N) is 1. The number of hydrogen-bond acceptors (Lipinski definition) is 4. The molecule has 0 atom stereocenters. The van der Waals surface area contributed by atoms with Gasteiger partial charge in [-0.25, -0.2) is 0 Å². The molecule has 5 nitrogen and oxygen atoms in total. The van der Waals surface area contributed by atoms with E-state index in [1.165, 1.54) is 17.0 Å². The van der Waals surface area contributed by atoms with Gasteiger partial charge in [-0.05, 0) is 36.9 Å². The fourth-order valence-corrected chi connectivity index (χ4v) is 3.12. The minimum absolute atomic E-state index is 0.0331. The summed E-state index contributed by atoms with van der Waals surface area (Å²) >= 11 is 1.39. The van der Waals surface area contributed by atoms with Crippen LogP contribution >= 0.6 is 11.3 Å². The Kier molecular flexibility index (Phi) is 7.98. The molecule has 0 spiro atoms. The Morgan fingerprint density at radius 2 is 1.84 bits per heavy atom. The smallest absolute Gasteiger partial charge is 0.261 e. The van der Waals surface area contributed by atoms with E-state index in [1.54, 1.807) is 6.07 Å². The van der Waals surface area contributed by atoms with Crippen molar-refractivity contribution in [1.82, 2.24) is 10.6 Å². The molecule has 0 aliphatic rings. The van der Waals surface area contributed by atoms with E-state index in [2.05, 4.69) is 34.6 Å². The summed E-state index contributed by atoms with van der Waals surface area (Å²) in [6.45, 7) is 4.96. The summed E-state index contributed by atoms with van der Waals surface area (Å²) in [6.07, 6.45) is 1.18. The van der Waals surface area contributed by atoms with Crippen molar-refractivity contribution in [2.75, 3.05) is 31.1 Å². The number of carbonyl (C=O) groups excluding carboxylic acids is 2. The van der Waals surface area contributed by atoms with Crippen LogP contribution in [-0.4, -0.2) is 38.0 Å². The van der Waals surface area contributed by atoms with E-state index in [9.17, 15) is 9.59 Å². The van der Waals surface area contributed by atoms with Gasteiger partial charge < -0.3 is 15.5 Å². The summed E-state index contributed by atoms with van der Waals surface area (Å²) in [4.78, 5) is 26.5. The molecule has 0 bridgehead atoms. The van der Waals surface area contributed by atoms with Crippen molar-refractivity contribution in [1.29, 1.82) is 0 Å². The van der Waals surface area contributed by atoms with Gasteiger partial charge >= 0.3 is 0 Å². The van der Waals surface area contributed by atoms with Gasteiger partial charge in [0.1, 0.15) is 0 Å². The summed E-state index contributed by atoms with van der Waals surface area (Å²) in [5.41, 5.74) is 1.20. The molecule has 2 rings (SSSR count). The van der Waals surface area contributed by atoms with Gasteiger partial charge in [-0.3, -0.25) is 9.59 Å². The molecule has 0 unspecified atom stereocenters. The molecule has 0 radical (unpaired) electrons. The number of amides is 2. The van der Waals surface area contributed by atoms with Crippen molar-refractivity contribution in [2.24, 2.45) is 0 Å². The van der Waals surface area contributed by atoms with Gasteiger partial charge in [0.15, 0.2) is 0 Å². The summed E-state index contributed by atoms with van der Waals surface area (Å²) in [5, 5.41) is 7.52. The Morgan fingerprint density at radius 1 is 1.04 bits per heavy atom. The minimum Gasteiger partial charge on any atom is -0.372 e. The van der Waals surface area contributed by atoms with Gasteiger partial charge in [0, 0.05) is 38.3 Å². The highest BCUT2D eigenvalue weighted by atomic mass is 32.1. The third-order valence-corrected chi connectivity index (χ3v) is 4.68. The van der Waals surface area contributed by atoms with E-state index in [1.807, 2.05) is 29.6 Å². The lowest BCUT2D eigenvalue weighted by Crippen LogP contribution is -2.32. The van der Waals surface area contributed by atoms with Crippen molar-refractivity contribution < 1.29 is 9.59 Å². The molecule has 2 N–H and O–H groups in total. The Morgan fingerprint density at radius 3 is 2.52 bits per heavy atom. The maximum absolute atomic E-state index is 11.8. The van der Waals surface area contributed by atoms with Crippen LogP contribution in [0.4, 0.5) is 5.69 Å². The number of carbonyl (C=O) groups is 2. The van der Waals surface area contributed by atoms with Crippen LogP contribution in [0.2, 0.25) is 0 Å². The highest BCUT2D eigenvalue weighted by Gasteiger charge is 2.07. The van der Waals surface area contributed by atoms with Gasteiger partial charge in [-0.15, -0.1) is 11.3 Å². The first-order valence-corrected chi connectivity index (χ1v) is 9.47. The molecular formula is C19H25N3O2S. The van der Waals surface area contributed by atoms with Crippen LogP contribution < -0.4 is 15.5 Å². The lowest BCUT2D eigenvalue weighted by Gasteiger charge is -2.23. The standard InChI is InChI=1S/C19H25N3O2S/c1-2-22(16-8-4-3-5-9-16)14-7-12-20-18(23)11-13-21-19(24)17-10-6-15-25-17/h3-6,8-10,15H,2,7,11-14H2,1H3,(H,20,23)(H,21,24). The van der Waals surface area contributed by atoms with Gasteiger partial charge in [0.2, 0.25) is 5.91 Å². The molecule has 0 saturated carbocycles. The van der Waals surface area contributed by atoms with E-state index >= 15 is 0 Å². The van der Waals surface area contributed by atoms with Crippen LogP contribution in [0.1, 0.15) is 29.4 Å². The quantitative estimate of drug-likeness (QED) is 0.641. The topological polar surface area (TPSA) is 61.4 Å². The lowest BCUT2D eigenvalue weighted by atomic mass is 10.2. The molecular weight excluding hydrogens is 334 g/mol. The van der Waals surface area contributed by atoms with E-state index in [0.29, 0.717) is 24.4 Å². The monoisotopic (exact) mass is 359 g/mol. The SMILES string of the molecule is CCN(CCCNC(=O)CCNC(=O)c1cccs1)c1ccccc1. The Balaban J connectivity index is 1.58.